The zero-order chi connectivity index (χ0) is 18.7. The van der Waals surface area contributed by atoms with E-state index in [2.05, 4.69) is 10.1 Å². The van der Waals surface area contributed by atoms with Gasteiger partial charge < -0.3 is 9.84 Å². The molecule has 0 saturated heterocycles. The molecule has 0 aliphatic rings. The van der Waals surface area contributed by atoms with Crippen LogP contribution >= 0.6 is 11.6 Å². The largest absolute Gasteiger partial charge is 0.478 e. The number of hydrogen-bond acceptors (Lipinski definition) is 4. The van der Waals surface area contributed by atoms with Gasteiger partial charge in [-0.2, -0.15) is 5.10 Å². The van der Waals surface area contributed by atoms with Crippen molar-refractivity contribution in [3.63, 3.8) is 0 Å². The first-order valence-electron chi connectivity index (χ1n) is 8.09. The molecule has 0 saturated carbocycles. The maximum absolute atomic E-state index is 11.1. The van der Waals surface area contributed by atoms with Gasteiger partial charge in [0.05, 0.1) is 18.5 Å². The van der Waals surface area contributed by atoms with Crippen molar-refractivity contribution >= 4 is 34.7 Å². The Morgan fingerprint density at radius 3 is 2.88 bits per heavy atom. The van der Waals surface area contributed by atoms with E-state index in [4.69, 9.17) is 21.4 Å². The number of hydrogen-bond donors (Lipinski definition) is 1. The zero-order valence-electron chi connectivity index (χ0n) is 14.4. The number of aromatic nitrogens is 3. The molecule has 0 fully saturated rings. The monoisotopic (exact) mass is 371 g/mol. The summed E-state index contributed by atoms with van der Waals surface area (Å²) in [5.41, 5.74) is 3.74. The number of aliphatic carboxylic acids is 1. The smallest absolute Gasteiger partial charge is 0.328 e. The zero-order valence-corrected chi connectivity index (χ0v) is 15.2. The topological polar surface area (TPSA) is 77.2 Å². The van der Waals surface area contributed by atoms with Crippen LogP contribution < -0.4 is 0 Å². The Kier molecular flexibility index (Phi) is 5.35. The second-order valence-electron chi connectivity index (χ2n) is 5.66. The fourth-order valence-electron chi connectivity index (χ4n) is 2.92. The molecule has 0 unspecified atom stereocenters. The number of carboxylic acid groups (broad SMARTS) is 1. The minimum atomic E-state index is -1.03. The van der Waals surface area contributed by atoms with Crippen LogP contribution in [0.1, 0.15) is 18.2 Å². The third-order valence-electron chi connectivity index (χ3n) is 3.99. The van der Waals surface area contributed by atoms with E-state index in [9.17, 15) is 4.79 Å². The number of nitrogens with zero attached hydrogens (tertiary/aromatic N) is 3. The van der Waals surface area contributed by atoms with Crippen molar-refractivity contribution in [1.29, 1.82) is 0 Å². The van der Waals surface area contributed by atoms with Gasteiger partial charge in [0.1, 0.15) is 0 Å². The van der Waals surface area contributed by atoms with E-state index < -0.39 is 5.97 Å². The number of carboxylic acids is 1. The summed E-state index contributed by atoms with van der Waals surface area (Å²) in [6.45, 7) is 2.90. The molecule has 134 valence electrons. The van der Waals surface area contributed by atoms with Crippen LogP contribution in [0.4, 0.5) is 0 Å². The highest BCUT2D eigenvalue weighted by atomic mass is 35.5. The minimum Gasteiger partial charge on any atom is -0.478 e. The number of fused-ring (bicyclic) bond motifs is 1. The van der Waals surface area contributed by atoms with Crippen molar-refractivity contribution in [2.75, 3.05) is 7.11 Å². The van der Waals surface area contributed by atoms with Crippen LogP contribution in [0.25, 0.3) is 28.2 Å². The van der Waals surface area contributed by atoms with Crippen molar-refractivity contribution in [2.24, 2.45) is 0 Å². The van der Waals surface area contributed by atoms with E-state index in [1.165, 1.54) is 0 Å². The van der Waals surface area contributed by atoms with Gasteiger partial charge in [0.15, 0.2) is 5.65 Å². The molecule has 1 aromatic carbocycles. The highest BCUT2D eigenvalue weighted by molar-refractivity contribution is 6.31. The summed E-state index contributed by atoms with van der Waals surface area (Å²) in [6.07, 6.45) is 4.39. The molecule has 7 heteroatoms. The molecule has 6 nitrogen and oxygen atoms in total. The number of carbonyl (C=O) groups is 1. The third kappa shape index (κ3) is 3.47. The first kappa shape index (κ1) is 18.1. The van der Waals surface area contributed by atoms with E-state index >= 15 is 0 Å². The van der Waals surface area contributed by atoms with Crippen LogP contribution in [-0.2, 0) is 22.7 Å². The second kappa shape index (κ2) is 7.68. The Morgan fingerprint density at radius 2 is 2.23 bits per heavy atom. The Hall–Kier alpha value is -2.70. The number of halogens is 1. The summed E-state index contributed by atoms with van der Waals surface area (Å²) in [6, 6.07) is 7.42. The number of benzene rings is 1. The van der Waals surface area contributed by atoms with Gasteiger partial charge in [-0.25, -0.2) is 14.5 Å². The molecule has 0 aliphatic carbocycles. The van der Waals surface area contributed by atoms with Gasteiger partial charge in [0.25, 0.3) is 0 Å². The van der Waals surface area contributed by atoms with Crippen molar-refractivity contribution < 1.29 is 14.6 Å². The molecule has 0 aliphatic heterocycles. The molecule has 3 rings (SSSR count). The molecule has 1 N–H and O–H groups in total. The maximum atomic E-state index is 11.1. The number of aryl methyl sites for hydroxylation is 1. The molecule has 26 heavy (non-hydrogen) atoms. The predicted molar refractivity (Wildman–Crippen MR) is 101 cm³/mol. The van der Waals surface area contributed by atoms with Crippen molar-refractivity contribution in [3.05, 3.63) is 52.8 Å². The summed E-state index contributed by atoms with van der Waals surface area (Å²) < 4.78 is 7.09. The van der Waals surface area contributed by atoms with E-state index in [0.717, 1.165) is 28.2 Å². The summed E-state index contributed by atoms with van der Waals surface area (Å²) in [4.78, 5) is 15.8. The molecular weight excluding hydrogens is 354 g/mol. The molecule has 0 amide bonds. The van der Waals surface area contributed by atoms with Gasteiger partial charge in [0, 0.05) is 41.3 Å². The fourth-order valence-corrected chi connectivity index (χ4v) is 3.11. The predicted octanol–water partition coefficient (Wildman–Crippen LogP) is 4.02. The highest BCUT2D eigenvalue weighted by Gasteiger charge is 2.18. The summed E-state index contributed by atoms with van der Waals surface area (Å²) in [5.74, 6) is -1.03. The van der Waals surface area contributed by atoms with Gasteiger partial charge in [-0.3, -0.25) is 0 Å². The lowest BCUT2D eigenvalue weighted by molar-refractivity contribution is -0.131. The molecule has 0 atom stereocenters. The lowest BCUT2D eigenvalue weighted by Crippen LogP contribution is -2.04. The molecule has 0 bridgehead atoms. The summed E-state index contributed by atoms with van der Waals surface area (Å²) in [5, 5.41) is 14.9. The summed E-state index contributed by atoms with van der Waals surface area (Å²) >= 11 is 6.19. The van der Waals surface area contributed by atoms with Crippen LogP contribution in [0.15, 0.2) is 36.5 Å². The van der Waals surface area contributed by atoms with E-state index in [0.29, 0.717) is 22.8 Å². The highest BCUT2D eigenvalue weighted by Crippen LogP contribution is 2.35. The molecule has 3 aromatic rings. The molecule has 0 radical (unpaired) electrons. The normalized spacial score (nSPS) is 11.5. The number of methoxy groups -OCH3 is 1. The Labute approximate surface area is 155 Å². The molecule has 2 heterocycles. The first-order chi connectivity index (χ1) is 12.5. The standard InChI is InChI=1S/C19H18ClN3O3/c1-3-23-19-15(10-21-23)18(12-5-4-6-13(20)9-12)14(7-8-17(24)25)16(22-19)11-26-2/h4-10H,3,11H2,1-2H3,(H,24,25)/b8-7+. The second-order valence-corrected chi connectivity index (χ2v) is 6.10. The molecule has 0 spiro atoms. The SMILES string of the molecule is CCn1ncc2c(-c3cccc(Cl)c3)c(/C=C/C(=O)O)c(COC)nc21. The van der Waals surface area contributed by atoms with Crippen LogP contribution in [0.2, 0.25) is 5.02 Å². The van der Waals surface area contributed by atoms with Crippen LogP contribution in [-0.4, -0.2) is 33.0 Å². The molecular formula is C19H18ClN3O3. The number of rotatable bonds is 6. The van der Waals surface area contributed by atoms with Crippen LogP contribution in [0, 0.1) is 0 Å². The van der Waals surface area contributed by atoms with Crippen LogP contribution in [0.3, 0.4) is 0 Å². The van der Waals surface area contributed by atoms with Gasteiger partial charge in [-0.1, -0.05) is 23.7 Å². The third-order valence-corrected chi connectivity index (χ3v) is 4.22. The first-order valence-corrected chi connectivity index (χ1v) is 8.47. The van der Waals surface area contributed by atoms with Gasteiger partial charge in [-0.15, -0.1) is 0 Å². The lowest BCUT2D eigenvalue weighted by Gasteiger charge is -2.14. The quantitative estimate of drug-likeness (QED) is 0.662. The fraction of sp³-hybridized carbons (Fsp3) is 0.211. The lowest BCUT2D eigenvalue weighted by atomic mass is 9.95. The van der Waals surface area contributed by atoms with Gasteiger partial charge >= 0.3 is 5.97 Å². The number of ether oxygens (including phenoxy) is 1. The van der Waals surface area contributed by atoms with Gasteiger partial charge in [0.2, 0.25) is 0 Å². The van der Waals surface area contributed by atoms with Crippen LogP contribution in [0.5, 0.6) is 0 Å². The van der Waals surface area contributed by atoms with E-state index in [1.807, 2.05) is 25.1 Å². The van der Waals surface area contributed by atoms with E-state index in [1.54, 1.807) is 30.1 Å². The van der Waals surface area contributed by atoms with Crippen molar-refractivity contribution in [3.8, 4) is 11.1 Å². The minimum absolute atomic E-state index is 0.248. The Morgan fingerprint density at radius 1 is 1.42 bits per heavy atom. The van der Waals surface area contributed by atoms with E-state index in [-0.39, 0.29) is 6.61 Å². The summed E-state index contributed by atoms with van der Waals surface area (Å²) in [7, 11) is 1.58. The Balaban J connectivity index is 2.40. The molecule has 2 aromatic heterocycles. The average molecular weight is 372 g/mol. The average Bonchev–Trinajstić information content (AvgIpc) is 3.02. The van der Waals surface area contributed by atoms with Crippen molar-refractivity contribution in [1.82, 2.24) is 14.8 Å². The Bertz CT molecular complexity index is 995. The maximum Gasteiger partial charge on any atom is 0.328 e. The van der Waals surface area contributed by atoms with Crippen molar-refractivity contribution in [2.45, 2.75) is 20.1 Å². The van der Waals surface area contributed by atoms with Gasteiger partial charge in [-0.05, 0) is 30.7 Å². The number of pyridine rings is 1.